The lowest BCUT2D eigenvalue weighted by atomic mass is 9.73. The van der Waals surface area contributed by atoms with Crippen LogP contribution >= 0.6 is 12.4 Å². The molecule has 0 aromatic carbocycles. The molecule has 4 rings (SSSR count). The maximum absolute atomic E-state index is 12.9. The molecule has 4 aliphatic rings. The highest BCUT2D eigenvalue weighted by Gasteiger charge is 2.55. The van der Waals surface area contributed by atoms with E-state index in [2.05, 4.69) is 10.6 Å². The summed E-state index contributed by atoms with van der Waals surface area (Å²) in [6, 6.07) is -0.400. The van der Waals surface area contributed by atoms with Gasteiger partial charge in [-0.05, 0) is 30.6 Å². The number of carbonyl (C=O) groups is 3. The average Bonchev–Trinajstić information content (AvgIpc) is 3.20. The molecule has 4 atom stereocenters. The molecule has 0 radical (unpaired) electrons. The van der Waals surface area contributed by atoms with Gasteiger partial charge in [0.25, 0.3) is 5.91 Å². The fourth-order valence-electron chi connectivity index (χ4n) is 4.93. The summed E-state index contributed by atoms with van der Waals surface area (Å²) in [5.74, 6) is 0.853. The fraction of sp³-hybridized carbons (Fsp3) is 0.824. The van der Waals surface area contributed by atoms with E-state index in [1.807, 2.05) is 11.8 Å². The first-order valence-electron chi connectivity index (χ1n) is 9.14. The molecular weight excluding hydrogens is 344 g/mol. The molecule has 4 fully saturated rings. The van der Waals surface area contributed by atoms with Crippen molar-refractivity contribution in [3.8, 4) is 0 Å². The molecule has 0 aromatic heterocycles. The van der Waals surface area contributed by atoms with Crippen LogP contribution in [0.1, 0.15) is 32.6 Å². The van der Waals surface area contributed by atoms with E-state index < -0.39 is 11.6 Å². The van der Waals surface area contributed by atoms with Crippen molar-refractivity contribution in [1.82, 2.24) is 20.4 Å². The van der Waals surface area contributed by atoms with Crippen LogP contribution in [0.15, 0.2) is 0 Å². The third-order valence-electron chi connectivity index (χ3n) is 6.54. The van der Waals surface area contributed by atoms with Gasteiger partial charge >= 0.3 is 6.03 Å². The van der Waals surface area contributed by atoms with Gasteiger partial charge in [-0.1, -0.05) is 19.8 Å². The van der Waals surface area contributed by atoms with E-state index in [1.54, 1.807) is 0 Å². The lowest BCUT2D eigenvalue weighted by Crippen LogP contribution is -2.54. The summed E-state index contributed by atoms with van der Waals surface area (Å²) in [4.78, 5) is 40.9. The minimum atomic E-state index is -0.777. The molecule has 0 aromatic rings. The Kier molecular flexibility index (Phi) is 4.99. The zero-order valence-electron chi connectivity index (χ0n) is 14.6. The molecule has 2 N–H and O–H groups in total. The smallest absolute Gasteiger partial charge is 0.325 e. The number of fused-ring (bicyclic) bond motifs is 1. The van der Waals surface area contributed by atoms with Gasteiger partial charge in [0.05, 0.1) is 0 Å². The number of hydrogen-bond acceptors (Lipinski definition) is 4. The van der Waals surface area contributed by atoms with E-state index in [-0.39, 0.29) is 36.7 Å². The van der Waals surface area contributed by atoms with Gasteiger partial charge in [0.15, 0.2) is 0 Å². The summed E-state index contributed by atoms with van der Waals surface area (Å²) in [7, 11) is 0. The van der Waals surface area contributed by atoms with E-state index in [0.717, 1.165) is 50.3 Å². The first kappa shape index (κ1) is 18.5. The van der Waals surface area contributed by atoms with Crippen molar-refractivity contribution in [2.45, 2.75) is 38.1 Å². The third kappa shape index (κ3) is 2.91. The van der Waals surface area contributed by atoms with Crippen LogP contribution in [0.4, 0.5) is 4.79 Å². The van der Waals surface area contributed by atoms with E-state index in [4.69, 9.17) is 0 Å². The van der Waals surface area contributed by atoms with Crippen molar-refractivity contribution >= 4 is 30.3 Å². The Bertz CT molecular complexity index is 574. The molecule has 8 heteroatoms. The number of likely N-dealkylation sites (tertiary alicyclic amines) is 1. The first-order chi connectivity index (χ1) is 11.5. The average molecular weight is 371 g/mol. The Hall–Kier alpha value is -1.34. The standard InChI is InChI=1S/C17H26N4O3.ClH/c1-11-4-2-3-5-17(11)15(23)21(16(24)19-17)10-14(22)20-8-12-6-18-7-13(12)9-20;/h11-13,18H,2-10H2,1H3,(H,19,24);1H/t11?,12-,13+,17?;. The molecule has 3 heterocycles. The van der Waals surface area contributed by atoms with Crippen LogP contribution in [0.25, 0.3) is 0 Å². The van der Waals surface area contributed by atoms with Gasteiger partial charge in [-0.2, -0.15) is 0 Å². The summed E-state index contributed by atoms with van der Waals surface area (Å²) in [5, 5.41) is 6.26. The SMILES string of the molecule is CC1CCCCC12NC(=O)N(CC(=O)N1C[C@H]3CNC[C@H]3C1)C2=O.Cl. The highest BCUT2D eigenvalue weighted by molar-refractivity contribution is 6.09. The monoisotopic (exact) mass is 370 g/mol. The van der Waals surface area contributed by atoms with Crippen molar-refractivity contribution in [1.29, 1.82) is 0 Å². The maximum Gasteiger partial charge on any atom is 0.325 e. The predicted molar refractivity (Wildman–Crippen MR) is 94.3 cm³/mol. The van der Waals surface area contributed by atoms with Crippen LogP contribution in [0, 0.1) is 17.8 Å². The molecule has 2 unspecified atom stereocenters. The summed E-state index contributed by atoms with van der Waals surface area (Å²) >= 11 is 0. The predicted octanol–water partition coefficient (Wildman–Crippen LogP) is 0.587. The van der Waals surface area contributed by atoms with Crippen LogP contribution in [-0.2, 0) is 9.59 Å². The number of imide groups is 1. The van der Waals surface area contributed by atoms with E-state index >= 15 is 0 Å². The van der Waals surface area contributed by atoms with Gasteiger partial charge in [0.1, 0.15) is 12.1 Å². The Morgan fingerprint density at radius 3 is 2.52 bits per heavy atom. The van der Waals surface area contributed by atoms with Gasteiger partial charge in [0.2, 0.25) is 5.91 Å². The summed E-state index contributed by atoms with van der Waals surface area (Å²) in [6.45, 7) is 5.29. The molecular formula is C17H27ClN4O3. The van der Waals surface area contributed by atoms with Gasteiger partial charge in [0, 0.05) is 26.2 Å². The van der Waals surface area contributed by atoms with Gasteiger partial charge in [-0.3, -0.25) is 14.5 Å². The van der Waals surface area contributed by atoms with Crippen molar-refractivity contribution in [2.75, 3.05) is 32.7 Å². The summed E-state index contributed by atoms with van der Waals surface area (Å²) in [6.07, 6.45) is 3.66. The van der Waals surface area contributed by atoms with Crippen LogP contribution in [0.3, 0.4) is 0 Å². The largest absolute Gasteiger partial charge is 0.340 e. The molecule has 3 aliphatic heterocycles. The molecule has 7 nitrogen and oxygen atoms in total. The molecule has 140 valence electrons. The first-order valence-corrected chi connectivity index (χ1v) is 9.14. The second-order valence-electron chi connectivity index (χ2n) is 7.92. The molecule has 1 aliphatic carbocycles. The normalized spacial score (nSPS) is 37.2. The fourth-order valence-corrected chi connectivity index (χ4v) is 4.93. The lowest BCUT2D eigenvalue weighted by Gasteiger charge is -2.36. The molecule has 4 amide bonds. The summed E-state index contributed by atoms with van der Waals surface area (Å²) < 4.78 is 0. The van der Waals surface area contributed by atoms with E-state index in [1.165, 1.54) is 0 Å². The van der Waals surface area contributed by atoms with Gasteiger partial charge in [-0.15, -0.1) is 12.4 Å². The number of rotatable bonds is 2. The van der Waals surface area contributed by atoms with Crippen molar-refractivity contribution in [3.05, 3.63) is 0 Å². The Morgan fingerprint density at radius 1 is 1.20 bits per heavy atom. The van der Waals surface area contributed by atoms with Crippen molar-refractivity contribution in [2.24, 2.45) is 17.8 Å². The van der Waals surface area contributed by atoms with Crippen LogP contribution in [-0.4, -0.2) is 65.9 Å². The number of nitrogens with one attached hydrogen (secondary N) is 2. The van der Waals surface area contributed by atoms with Gasteiger partial charge < -0.3 is 15.5 Å². The molecule has 0 bridgehead atoms. The van der Waals surface area contributed by atoms with Gasteiger partial charge in [-0.25, -0.2) is 4.79 Å². The third-order valence-corrected chi connectivity index (χ3v) is 6.54. The Morgan fingerprint density at radius 2 is 1.88 bits per heavy atom. The minimum Gasteiger partial charge on any atom is -0.340 e. The van der Waals surface area contributed by atoms with E-state index in [9.17, 15) is 14.4 Å². The number of nitrogens with zero attached hydrogens (tertiary/aromatic N) is 2. The minimum absolute atomic E-state index is 0. The van der Waals surface area contributed by atoms with Crippen LogP contribution in [0.5, 0.6) is 0 Å². The number of halogens is 1. The topological polar surface area (TPSA) is 81.8 Å². The highest BCUT2D eigenvalue weighted by Crippen LogP contribution is 2.38. The Balaban J connectivity index is 0.00000182. The zero-order chi connectivity index (χ0) is 16.9. The number of amides is 4. The molecule has 1 spiro atoms. The number of hydrogen-bond donors (Lipinski definition) is 2. The maximum atomic E-state index is 12.9. The summed E-state index contributed by atoms with van der Waals surface area (Å²) in [5.41, 5.74) is -0.777. The van der Waals surface area contributed by atoms with Crippen LogP contribution < -0.4 is 10.6 Å². The lowest BCUT2D eigenvalue weighted by molar-refractivity contribution is -0.140. The number of urea groups is 1. The number of carbonyl (C=O) groups excluding carboxylic acids is 3. The van der Waals surface area contributed by atoms with Crippen LogP contribution in [0.2, 0.25) is 0 Å². The second-order valence-corrected chi connectivity index (χ2v) is 7.92. The van der Waals surface area contributed by atoms with Crippen molar-refractivity contribution < 1.29 is 14.4 Å². The zero-order valence-corrected chi connectivity index (χ0v) is 15.4. The second kappa shape index (κ2) is 6.76. The molecule has 25 heavy (non-hydrogen) atoms. The molecule has 1 saturated carbocycles. The van der Waals surface area contributed by atoms with E-state index in [0.29, 0.717) is 18.3 Å². The van der Waals surface area contributed by atoms with Crippen molar-refractivity contribution in [3.63, 3.8) is 0 Å². The quantitative estimate of drug-likeness (QED) is 0.697. The highest BCUT2D eigenvalue weighted by atomic mass is 35.5. The molecule has 3 saturated heterocycles. The Labute approximate surface area is 154 Å².